The second-order valence-electron chi connectivity index (χ2n) is 29.6. The van der Waals surface area contributed by atoms with E-state index in [1.807, 2.05) is 0 Å². The van der Waals surface area contributed by atoms with Gasteiger partial charge in [0, 0.05) is 6.42 Å². The first-order valence-corrected chi connectivity index (χ1v) is 40.7. The van der Waals surface area contributed by atoms with E-state index in [-0.39, 0.29) is 6.42 Å². The summed E-state index contributed by atoms with van der Waals surface area (Å²) in [5.41, 5.74) is 15.0. The fraction of sp³-hybridized carbons (Fsp3) is 0.722. The van der Waals surface area contributed by atoms with Crippen LogP contribution >= 0.6 is 15.6 Å². The van der Waals surface area contributed by atoms with Crippen LogP contribution in [0.15, 0.2) is 128 Å². The van der Waals surface area contributed by atoms with Gasteiger partial charge in [-0.15, -0.1) is 0 Å². The maximum absolute atomic E-state index is 13.2. The van der Waals surface area contributed by atoms with Gasteiger partial charge in [0.1, 0.15) is 73.2 Å². The van der Waals surface area contributed by atoms with Crippen LogP contribution in [-0.2, 0) is 55.6 Å². The lowest BCUT2D eigenvalue weighted by molar-refractivity contribution is -0.382. The van der Waals surface area contributed by atoms with Gasteiger partial charge in [0.15, 0.2) is 25.2 Å². The highest BCUT2D eigenvalue weighted by Crippen LogP contribution is 2.61. The first kappa shape index (κ1) is 94.1. The minimum Gasteiger partial charge on any atom is -0.394 e. The maximum Gasteiger partial charge on any atom is 0.483 e. The van der Waals surface area contributed by atoms with Crippen molar-refractivity contribution in [2.45, 2.75) is 348 Å². The summed E-state index contributed by atoms with van der Waals surface area (Å²) in [6.07, 6.45) is 13.2. The van der Waals surface area contributed by atoms with Gasteiger partial charge in [0.2, 0.25) is 0 Å². The standard InChI is InChI=1S/C79H132O24P2/c1-50(2)25-15-26-51(3)27-16-28-52(4)29-17-30-53(5)31-18-32-54(6)33-19-34-55(7)35-20-36-56(8)37-21-38-57(9)39-22-40-58(10)41-23-42-59(11)43-24-44-60(12)45-46-94-104(90,91)103-105(92,93)102-79-72(89)75(68(85)66(49-81)98-79)101-77-70(87)69(86)73(62(14)96-77)99-78-71(88)74(67(84)65(48-80)97-78)100-76-64(83)47-63(82)61(13)95-76/h25,27,29,31,33,35,37,39,41,43,45,61-89H,15-24,26,28,30,32,34,36,38,40,42,44,46-49H2,1-14H3,(H,90,91)(H,92,93)/b51-27+,52-29+,53-31-,54-33-,55-35-,56-37-,57-39-,58-41-,59-43-,60-45-/t61-,62?,63-,64-,65?,66?,67?,68?,69?,70?,71?,72?,73?,74?,75?,76?,77?,78?,79?/m1/s1. The molecule has 18 unspecified atom stereocenters. The molecular formula is C79H132O24P2. The maximum atomic E-state index is 13.2. The first-order valence-electron chi connectivity index (χ1n) is 37.7. The van der Waals surface area contributed by atoms with Crippen LogP contribution in [0.2, 0.25) is 0 Å². The van der Waals surface area contributed by atoms with Gasteiger partial charge in [-0.25, -0.2) is 9.13 Å². The lowest BCUT2D eigenvalue weighted by Crippen LogP contribution is -2.66. The topological polar surface area (TPSA) is 369 Å². The Morgan fingerprint density at radius 1 is 0.352 bits per heavy atom. The second kappa shape index (κ2) is 48.5. The third-order valence-corrected chi connectivity index (χ3v) is 22.1. The molecule has 4 saturated heterocycles. The number of aliphatic hydroxyl groups is 10. The quantitative estimate of drug-likeness (QED) is 0.0199. The van der Waals surface area contributed by atoms with Crippen LogP contribution in [0.3, 0.4) is 0 Å². The Morgan fingerprint density at radius 2 is 0.657 bits per heavy atom. The summed E-state index contributed by atoms with van der Waals surface area (Å²) in [5.74, 6) is 0. The highest BCUT2D eigenvalue weighted by Gasteiger charge is 2.55. The van der Waals surface area contributed by atoms with Gasteiger partial charge >= 0.3 is 15.6 Å². The highest BCUT2D eigenvalue weighted by molar-refractivity contribution is 7.61. The van der Waals surface area contributed by atoms with E-state index in [9.17, 15) is 70.0 Å². The summed E-state index contributed by atoms with van der Waals surface area (Å²) < 4.78 is 79.8. The molecule has 0 aromatic carbocycles. The van der Waals surface area contributed by atoms with Crippen LogP contribution in [0.4, 0.5) is 0 Å². The molecule has 12 N–H and O–H groups in total. The van der Waals surface area contributed by atoms with Crippen molar-refractivity contribution in [3.63, 3.8) is 0 Å². The van der Waals surface area contributed by atoms with Crippen LogP contribution in [0.5, 0.6) is 0 Å². The van der Waals surface area contributed by atoms with E-state index in [2.05, 4.69) is 141 Å². The summed E-state index contributed by atoms with van der Waals surface area (Å²) in [6.45, 7) is 26.7. The zero-order valence-corrected chi connectivity index (χ0v) is 66.7. The largest absolute Gasteiger partial charge is 0.483 e. The number of phosphoric acid groups is 2. The van der Waals surface area contributed by atoms with Crippen molar-refractivity contribution in [2.75, 3.05) is 19.8 Å². The van der Waals surface area contributed by atoms with Gasteiger partial charge in [-0.1, -0.05) is 128 Å². The Balaban J connectivity index is 1.11. The zero-order valence-electron chi connectivity index (χ0n) is 65.0. The molecular weight excluding hydrogens is 1390 g/mol. The summed E-state index contributed by atoms with van der Waals surface area (Å²) in [5, 5.41) is 108. The number of aliphatic hydroxyl groups excluding tert-OH is 10. The van der Waals surface area contributed by atoms with Gasteiger partial charge in [0.25, 0.3) is 0 Å². The fourth-order valence-electron chi connectivity index (χ4n) is 12.6. The van der Waals surface area contributed by atoms with E-state index >= 15 is 0 Å². The third kappa shape index (κ3) is 35.3. The van der Waals surface area contributed by atoms with E-state index in [1.165, 1.54) is 75.7 Å². The normalized spacial score (nSPS) is 31.8. The Bertz CT molecular complexity index is 3050. The van der Waals surface area contributed by atoms with Crippen molar-refractivity contribution in [3.8, 4) is 0 Å². The van der Waals surface area contributed by atoms with Crippen molar-refractivity contribution in [1.29, 1.82) is 0 Å². The van der Waals surface area contributed by atoms with Crippen LogP contribution < -0.4 is 0 Å². The Kier molecular flexibility index (Phi) is 43.5. The Hall–Kier alpha value is -3.28. The number of hydrogen-bond acceptors (Lipinski definition) is 22. The van der Waals surface area contributed by atoms with Crippen LogP contribution in [0, 0.1) is 0 Å². The Morgan fingerprint density at radius 3 is 1.02 bits per heavy atom. The molecule has 0 bridgehead atoms. The van der Waals surface area contributed by atoms with Gasteiger partial charge in [0.05, 0.1) is 38.1 Å². The first-order chi connectivity index (χ1) is 49.5. The molecule has 4 heterocycles. The molecule has 105 heavy (non-hydrogen) atoms. The van der Waals surface area contributed by atoms with Crippen molar-refractivity contribution in [1.82, 2.24) is 0 Å². The van der Waals surface area contributed by atoms with Gasteiger partial charge < -0.3 is 94.0 Å². The van der Waals surface area contributed by atoms with Crippen molar-refractivity contribution >= 4 is 15.6 Å². The predicted molar refractivity (Wildman–Crippen MR) is 405 cm³/mol. The summed E-state index contributed by atoms with van der Waals surface area (Å²) in [6, 6.07) is 0. The lowest BCUT2D eigenvalue weighted by atomic mass is 9.96. The molecule has 21 atom stereocenters. The summed E-state index contributed by atoms with van der Waals surface area (Å²) in [4.78, 5) is 21.0. The monoisotopic (exact) mass is 1530 g/mol. The van der Waals surface area contributed by atoms with E-state index in [0.717, 1.165) is 121 Å². The molecule has 0 amide bonds. The number of rotatable bonds is 45. The average molecular weight is 1530 g/mol. The van der Waals surface area contributed by atoms with Crippen molar-refractivity contribution in [2.24, 2.45) is 0 Å². The number of ether oxygens (including phenoxy) is 7. The van der Waals surface area contributed by atoms with E-state index in [4.69, 9.17) is 42.2 Å². The number of allylic oxidation sites excluding steroid dienone is 21. The van der Waals surface area contributed by atoms with Crippen molar-refractivity contribution < 1.29 is 116 Å². The fourth-order valence-corrected chi connectivity index (χ4v) is 14.7. The minimum absolute atomic E-state index is 0.158. The molecule has 602 valence electrons. The van der Waals surface area contributed by atoms with Crippen molar-refractivity contribution in [3.05, 3.63) is 128 Å². The molecule has 0 saturated carbocycles. The third-order valence-electron chi connectivity index (χ3n) is 19.5. The molecule has 0 spiro atoms. The number of phosphoric ester groups is 2. The SMILES string of the molecule is CC(C)=CCC/C(C)=C/CC/C(C)=C/CC/C(C)=C\CC/C(C)=C\CC/C(C)=C\CC/C(C)=C\CC/C(C)=C\CC/C(C)=C\CC/C(C)=C\CC/C(C)=C\COP(=O)(O)OP(=O)(O)OC1OC(CO)C(O)C(OC2OC(C)C(OC3OC(CO)C(O)C(OC4O[C@H](C)[C@H](O)C[C@H]4O)C3O)C(O)C2O)C1O. The van der Waals surface area contributed by atoms with Gasteiger partial charge in [-0.3, -0.25) is 9.05 Å². The summed E-state index contributed by atoms with van der Waals surface area (Å²) >= 11 is 0. The molecule has 0 aliphatic carbocycles. The Labute approximate surface area is 625 Å². The van der Waals surface area contributed by atoms with E-state index in [1.54, 1.807) is 6.92 Å². The van der Waals surface area contributed by atoms with Crippen LogP contribution in [0.1, 0.15) is 232 Å². The van der Waals surface area contributed by atoms with E-state index < -0.39 is 152 Å². The highest BCUT2D eigenvalue weighted by atomic mass is 31.3. The summed E-state index contributed by atoms with van der Waals surface area (Å²) in [7, 11) is -11.1. The lowest BCUT2D eigenvalue weighted by Gasteiger charge is -2.48. The van der Waals surface area contributed by atoms with Crippen LogP contribution in [-0.4, -0.2) is 197 Å². The molecule has 0 radical (unpaired) electrons. The molecule has 4 fully saturated rings. The zero-order chi connectivity index (χ0) is 78.1. The van der Waals surface area contributed by atoms with Gasteiger partial charge in [-0.2, -0.15) is 4.31 Å². The van der Waals surface area contributed by atoms with E-state index in [0.29, 0.717) is 12.8 Å². The minimum atomic E-state index is -5.71. The van der Waals surface area contributed by atoms with Gasteiger partial charge in [-0.05, 0) is 225 Å². The van der Waals surface area contributed by atoms with Crippen LogP contribution in [0.25, 0.3) is 0 Å². The predicted octanol–water partition coefficient (Wildman–Crippen LogP) is 12.8. The molecule has 24 nitrogen and oxygen atoms in total. The molecule has 0 aromatic heterocycles. The second-order valence-corrected chi connectivity index (χ2v) is 32.6. The number of hydrogen-bond donors (Lipinski definition) is 12. The molecule has 0 aromatic rings. The smallest absolute Gasteiger partial charge is 0.394 e. The molecule has 4 aliphatic heterocycles. The molecule has 4 rings (SSSR count). The molecule has 26 heteroatoms. The molecule has 4 aliphatic rings. The average Bonchev–Trinajstić information content (AvgIpc) is 0.782.